The van der Waals surface area contributed by atoms with E-state index in [-0.39, 0.29) is 17.9 Å². The van der Waals surface area contributed by atoms with E-state index >= 15 is 0 Å². The van der Waals surface area contributed by atoms with E-state index in [0.29, 0.717) is 18.3 Å². The van der Waals surface area contributed by atoms with E-state index in [0.717, 1.165) is 31.5 Å². The fourth-order valence-corrected chi connectivity index (χ4v) is 3.02. The van der Waals surface area contributed by atoms with Gasteiger partial charge in [-0.15, -0.1) is 0 Å². The summed E-state index contributed by atoms with van der Waals surface area (Å²) in [6, 6.07) is 8.36. The smallest absolute Gasteiger partial charge is 0.241 e. The van der Waals surface area contributed by atoms with Crippen LogP contribution in [0.1, 0.15) is 38.1 Å². The molecule has 0 spiro atoms. The van der Waals surface area contributed by atoms with Crippen molar-refractivity contribution >= 4 is 5.91 Å². The molecule has 0 aliphatic carbocycles. The highest BCUT2D eigenvalue weighted by molar-refractivity contribution is 5.78. The van der Waals surface area contributed by atoms with E-state index in [1.807, 2.05) is 39.0 Å². The number of piperidine rings is 1. The maximum absolute atomic E-state index is 11.8. The van der Waals surface area contributed by atoms with Crippen molar-refractivity contribution in [3.63, 3.8) is 0 Å². The molecule has 0 radical (unpaired) electrons. The van der Waals surface area contributed by atoms with Crippen LogP contribution in [-0.4, -0.2) is 40.1 Å². The van der Waals surface area contributed by atoms with Gasteiger partial charge in [0.2, 0.25) is 17.6 Å². The standard InChI is InChI=1S/C19H26N4O2/c1-13(2)19(24)20-16-7-9-23(10-8-16)12-17-21-18(22-25-17)15-6-4-5-14(3)11-15/h4-6,11,13,16H,7-10,12H2,1-3H3,(H,20,24). The van der Waals surface area contributed by atoms with Gasteiger partial charge in [0.05, 0.1) is 6.54 Å². The Kier molecular flexibility index (Phi) is 5.48. The maximum Gasteiger partial charge on any atom is 0.241 e. The van der Waals surface area contributed by atoms with Crippen LogP contribution < -0.4 is 5.32 Å². The summed E-state index contributed by atoms with van der Waals surface area (Å²) in [5.74, 6) is 1.45. The molecule has 0 atom stereocenters. The van der Waals surface area contributed by atoms with Crippen molar-refractivity contribution in [3.8, 4) is 11.4 Å². The number of amides is 1. The van der Waals surface area contributed by atoms with Gasteiger partial charge in [0.1, 0.15) is 0 Å². The van der Waals surface area contributed by atoms with Gasteiger partial charge in [0.15, 0.2) is 0 Å². The zero-order valence-corrected chi connectivity index (χ0v) is 15.2. The molecule has 1 fully saturated rings. The second kappa shape index (κ2) is 7.78. The molecular formula is C19H26N4O2. The third kappa shape index (κ3) is 4.66. The van der Waals surface area contributed by atoms with Gasteiger partial charge >= 0.3 is 0 Å². The summed E-state index contributed by atoms with van der Waals surface area (Å²) in [6.07, 6.45) is 1.91. The first-order valence-electron chi connectivity index (χ1n) is 8.93. The Bertz CT molecular complexity index is 718. The van der Waals surface area contributed by atoms with Gasteiger partial charge in [0, 0.05) is 30.6 Å². The second-order valence-electron chi connectivity index (χ2n) is 7.09. The topological polar surface area (TPSA) is 71.3 Å². The Balaban J connectivity index is 1.52. The summed E-state index contributed by atoms with van der Waals surface area (Å²) in [7, 11) is 0. The Morgan fingerprint density at radius 2 is 2.12 bits per heavy atom. The number of aromatic nitrogens is 2. The van der Waals surface area contributed by atoms with Gasteiger partial charge in [0.25, 0.3) is 0 Å². The SMILES string of the molecule is Cc1cccc(-c2noc(CN3CCC(NC(=O)C(C)C)CC3)n2)c1. The van der Waals surface area contributed by atoms with Gasteiger partial charge in [-0.3, -0.25) is 9.69 Å². The van der Waals surface area contributed by atoms with Crippen LogP contribution in [0.4, 0.5) is 0 Å². The summed E-state index contributed by atoms with van der Waals surface area (Å²) in [5.41, 5.74) is 2.15. The number of aryl methyl sites for hydroxylation is 1. The Hall–Kier alpha value is -2.21. The van der Waals surface area contributed by atoms with Crippen LogP contribution in [0.25, 0.3) is 11.4 Å². The molecule has 3 rings (SSSR count). The van der Waals surface area contributed by atoms with E-state index in [2.05, 4.69) is 26.4 Å². The number of hydrogen-bond acceptors (Lipinski definition) is 5. The predicted octanol–water partition coefficient (Wildman–Crippen LogP) is 2.78. The van der Waals surface area contributed by atoms with Crippen molar-refractivity contribution in [1.29, 1.82) is 0 Å². The maximum atomic E-state index is 11.8. The van der Waals surface area contributed by atoms with Crippen LogP contribution in [-0.2, 0) is 11.3 Å². The molecule has 1 aromatic heterocycles. The third-order valence-corrected chi connectivity index (χ3v) is 4.56. The van der Waals surface area contributed by atoms with Crippen LogP contribution in [0.3, 0.4) is 0 Å². The van der Waals surface area contributed by atoms with E-state index in [4.69, 9.17) is 4.52 Å². The molecule has 0 unspecified atom stereocenters. The molecule has 1 amide bonds. The molecule has 134 valence electrons. The lowest BCUT2D eigenvalue weighted by Gasteiger charge is -2.31. The van der Waals surface area contributed by atoms with Crippen LogP contribution in [0.2, 0.25) is 0 Å². The lowest BCUT2D eigenvalue weighted by molar-refractivity contribution is -0.125. The number of carbonyl (C=O) groups excluding carboxylic acids is 1. The van der Waals surface area contributed by atoms with Crippen molar-refractivity contribution < 1.29 is 9.32 Å². The minimum Gasteiger partial charge on any atom is -0.353 e. The van der Waals surface area contributed by atoms with Gasteiger partial charge in [-0.2, -0.15) is 4.98 Å². The fraction of sp³-hybridized carbons (Fsp3) is 0.526. The highest BCUT2D eigenvalue weighted by Gasteiger charge is 2.23. The average Bonchev–Trinajstić information content (AvgIpc) is 3.05. The van der Waals surface area contributed by atoms with E-state index in [9.17, 15) is 4.79 Å². The van der Waals surface area contributed by atoms with Crippen molar-refractivity contribution in [1.82, 2.24) is 20.4 Å². The summed E-state index contributed by atoms with van der Waals surface area (Å²) < 4.78 is 5.41. The first kappa shape index (κ1) is 17.6. The number of nitrogens with zero attached hydrogens (tertiary/aromatic N) is 3. The molecule has 1 saturated heterocycles. The molecule has 6 nitrogen and oxygen atoms in total. The highest BCUT2D eigenvalue weighted by atomic mass is 16.5. The van der Waals surface area contributed by atoms with Crippen LogP contribution in [0.15, 0.2) is 28.8 Å². The summed E-state index contributed by atoms with van der Waals surface area (Å²) >= 11 is 0. The third-order valence-electron chi connectivity index (χ3n) is 4.56. The number of hydrogen-bond donors (Lipinski definition) is 1. The Labute approximate surface area is 148 Å². The lowest BCUT2D eigenvalue weighted by atomic mass is 10.0. The molecule has 1 aromatic carbocycles. The molecule has 25 heavy (non-hydrogen) atoms. The van der Waals surface area contributed by atoms with E-state index < -0.39 is 0 Å². The van der Waals surface area contributed by atoms with Crippen LogP contribution >= 0.6 is 0 Å². The van der Waals surface area contributed by atoms with E-state index in [1.54, 1.807) is 0 Å². The zero-order chi connectivity index (χ0) is 17.8. The summed E-state index contributed by atoms with van der Waals surface area (Å²) in [6.45, 7) is 8.39. The monoisotopic (exact) mass is 342 g/mol. The van der Waals surface area contributed by atoms with Crippen molar-refractivity contribution in [3.05, 3.63) is 35.7 Å². The molecule has 6 heteroatoms. The molecule has 1 aliphatic heterocycles. The Morgan fingerprint density at radius 3 is 2.80 bits per heavy atom. The number of likely N-dealkylation sites (tertiary alicyclic amines) is 1. The zero-order valence-electron chi connectivity index (χ0n) is 15.2. The van der Waals surface area contributed by atoms with Crippen LogP contribution in [0, 0.1) is 12.8 Å². The largest absolute Gasteiger partial charge is 0.353 e. The Morgan fingerprint density at radius 1 is 1.36 bits per heavy atom. The van der Waals surface area contributed by atoms with Crippen molar-refractivity contribution in [2.24, 2.45) is 5.92 Å². The highest BCUT2D eigenvalue weighted by Crippen LogP contribution is 2.19. The predicted molar refractivity (Wildman–Crippen MR) is 95.8 cm³/mol. The quantitative estimate of drug-likeness (QED) is 0.905. The number of benzene rings is 1. The number of rotatable bonds is 5. The molecule has 1 aliphatic rings. The first-order chi connectivity index (χ1) is 12.0. The number of carbonyl (C=O) groups is 1. The molecule has 0 saturated carbocycles. The van der Waals surface area contributed by atoms with Crippen LogP contribution in [0.5, 0.6) is 0 Å². The minimum absolute atomic E-state index is 0.0384. The number of nitrogens with one attached hydrogen (secondary N) is 1. The lowest BCUT2D eigenvalue weighted by Crippen LogP contribution is -2.45. The first-order valence-corrected chi connectivity index (χ1v) is 8.93. The molecule has 2 heterocycles. The molecule has 1 N–H and O–H groups in total. The normalized spacial score (nSPS) is 16.3. The minimum atomic E-state index is 0.0384. The fourth-order valence-electron chi connectivity index (χ4n) is 3.02. The van der Waals surface area contributed by atoms with Gasteiger partial charge in [-0.05, 0) is 25.8 Å². The molecule has 2 aromatic rings. The van der Waals surface area contributed by atoms with Gasteiger partial charge in [-0.25, -0.2) is 0 Å². The molecule has 0 bridgehead atoms. The molecular weight excluding hydrogens is 316 g/mol. The van der Waals surface area contributed by atoms with Crippen molar-refractivity contribution in [2.45, 2.75) is 46.2 Å². The second-order valence-corrected chi connectivity index (χ2v) is 7.09. The summed E-state index contributed by atoms with van der Waals surface area (Å²) in [5, 5.41) is 7.21. The van der Waals surface area contributed by atoms with Gasteiger partial charge < -0.3 is 9.84 Å². The van der Waals surface area contributed by atoms with Gasteiger partial charge in [-0.1, -0.05) is 42.8 Å². The average molecular weight is 342 g/mol. The summed E-state index contributed by atoms with van der Waals surface area (Å²) in [4.78, 5) is 18.6. The van der Waals surface area contributed by atoms with Crippen molar-refractivity contribution in [2.75, 3.05) is 13.1 Å². The van der Waals surface area contributed by atoms with E-state index in [1.165, 1.54) is 5.56 Å².